The molecule has 7 nitrogen and oxygen atoms in total. The third-order valence-electron chi connectivity index (χ3n) is 4.61. The molecule has 3 heterocycles. The first kappa shape index (κ1) is 15.8. The monoisotopic (exact) mass is 338 g/mol. The first-order valence-electron chi connectivity index (χ1n) is 8.51. The van der Waals surface area contributed by atoms with E-state index in [1.54, 1.807) is 19.8 Å². The molecule has 0 saturated carbocycles. The molecular formula is C18H22N6O. The summed E-state index contributed by atoms with van der Waals surface area (Å²) in [6.07, 6.45) is 8.33. The number of hydrogen-bond acceptors (Lipinski definition) is 5. The quantitative estimate of drug-likeness (QED) is 0.711. The van der Waals surface area contributed by atoms with E-state index in [-0.39, 0.29) is 0 Å². The molecule has 0 atom stereocenters. The van der Waals surface area contributed by atoms with Crippen LogP contribution in [0, 0.1) is 0 Å². The molecule has 0 spiro atoms. The Bertz CT molecular complexity index is 826. The van der Waals surface area contributed by atoms with Crippen LogP contribution in [0.25, 0.3) is 0 Å². The van der Waals surface area contributed by atoms with E-state index in [4.69, 9.17) is 4.74 Å². The van der Waals surface area contributed by atoms with Crippen LogP contribution in [0.15, 0.2) is 43.4 Å². The number of hydrogen-bond donors (Lipinski definition) is 0. The molecule has 130 valence electrons. The molecule has 1 aromatic carbocycles. The van der Waals surface area contributed by atoms with Crippen LogP contribution in [0.5, 0.6) is 5.75 Å². The van der Waals surface area contributed by atoms with Crippen LogP contribution in [0.1, 0.15) is 23.2 Å². The summed E-state index contributed by atoms with van der Waals surface area (Å²) in [7, 11) is 1.70. The Hall–Kier alpha value is -2.67. The van der Waals surface area contributed by atoms with E-state index in [0.29, 0.717) is 6.54 Å². The molecule has 3 aromatic rings. The number of imidazole rings is 1. The smallest absolute Gasteiger partial charge is 0.137 e. The molecule has 1 aliphatic heterocycles. The number of fused-ring (bicyclic) bond motifs is 1. The van der Waals surface area contributed by atoms with Gasteiger partial charge < -0.3 is 9.30 Å². The van der Waals surface area contributed by atoms with Crippen molar-refractivity contribution in [3.05, 3.63) is 60.2 Å². The summed E-state index contributed by atoms with van der Waals surface area (Å²) < 4.78 is 9.57. The van der Waals surface area contributed by atoms with Crippen LogP contribution < -0.4 is 4.74 Å². The predicted molar refractivity (Wildman–Crippen MR) is 93.1 cm³/mol. The maximum Gasteiger partial charge on any atom is 0.137 e. The van der Waals surface area contributed by atoms with Gasteiger partial charge in [0.15, 0.2) is 0 Å². The molecule has 0 radical (unpaired) electrons. The van der Waals surface area contributed by atoms with E-state index >= 15 is 0 Å². The van der Waals surface area contributed by atoms with Crippen LogP contribution in [-0.4, -0.2) is 42.9 Å². The van der Waals surface area contributed by atoms with Gasteiger partial charge in [-0.1, -0.05) is 6.07 Å². The molecule has 1 aliphatic rings. The molecule has 0 unspecified atom stereocenters. The van der Waals surface area contributed by atoms with Gasteiger partial charge in [-0.15, -0.1) is 0 Å². The normalized spacial score (nSPS) is 14.9. The maximum absolute atomic E-state index is 5.51. The highest BCUT2D eigenvalue weighted by atomic mass is 16.5. The lowest BCUT2D eigenvalue weighted by Crippen LogP contribution is -2.22. The van der Waals surface area contributed by atoms with Gasteiger partial charge in [0.05, 0.1) is 25.7 Å². The number of methoxy groups -OCH3 is 1. The molecule has 0 bridgehead atoms. The highest BCUT2D eigenvalue weighted by molar-refractivity contribution is 5.37. The minimum atomic E-state index is 0.657. The van der Waals surface area contributed by atoms with Crippen molar-refractivity contribution in [3.63, 3.8) is 0 Å². The summed E-state index contributed by atoms with van der Waals surface area (Å²) in [5, 5.41) is 4.19. The second-order valence-electron chi connectivity index (χ2n) is 6.38. The Morgan fingerprint density at radius 2 is 2.08 bits per heavy atom. The summed E-state index contributed by atoms with van der Waals surface area (Å²) in [6, 6.07) is 6.40. The van der Waals surface area contributed by atoms with E-state index in [1.807, 2.05) is 23.3 Å². The summed E-state index contributed by atoms with van der Waals surface area (Å²) >= 11 is 0. The van der Waals surface area contributed by atoms with Crippen molar-refractivity contribution in [2.45, 2.75) is 32.6 Å². The van der Waals surface area contributed by atoms with E-state index < -0.39 is 0 Å². The number of rotatable bonds is 5. The molecule has 4 rings (SSSR count). The van der Waals surface area contributed by atoms with Crippen molar-refractivity contribution in [2.24, 2.45) is 0 Å². The molecule has 25 heavy (non-hydrogen) atoms. The molecule has 0 aliphatic carbocycles. The van der Waals surface area contributed by atoms with Gasteiger partial charge in [0.25, 0.3) is 0 Å². The number of aryl methyl sites for hydroxylation is 1. The first-order chi connectivity index (χ1) is 12.3. The fourth-order valence-corrected chi connectivity index (χ4v) is 3.39. The number of nitrogens with zero attached hydrogens (tertiary/aromatic N) is 6. The Kier molecular flexibility index (Phi) is 4.47. The largest absolute Gasteiger partial charge is 0.496 e. The summed E-state index contributed by atoms with van der Waals surface area (Å²) in [6.45, 7) is 4.64. The second-order valence-corrected chi connectivity index (χ2v) is 6.38. The number of ether oxygens (including phenoxy) is 1. The SMILES string of the molecule is COc1ccc(CN2CCCn3cncc3C2)cc1Cn1cncn1. The fraction of sp³-hybridized carbons (Fsp3) is 0.389. The third kappa shape index (κ3) is 3.56. The lowest BCUT2D eigenvalue weighted by Gasteiger charge is -2.20. The van der Waals surface area contributed by atoms with Crippen molar-refractivity contribution >= 4 is 0 Å². The van der Waals surface area contributed by atoms with E-state index in [1.165, 1.54) is 11.3 Å². The molecule has 2 aromatic heterocycles. The zero-order valence-corrected chi connectivity index (χ0v) is 14.4. The van der Waals surface area contributed by atoms with Crippen LogP contribution in [0.3, 0.4) is 0 Å². The van der Waals surface area contributed by atoms with Crippen molar-refractivity contribution in [1.29, 1.82) is 0 Å². The number of benzene rings is 1. The van der Waals surface area contributed by atoms with Crippen molar-refractivity contribution in [3.8, 4) is 5.75 Å². The van der Waals surface area contributed by atoms with Gasteiger partial charge in [0, 0.05) is 37.9 Å². The summed E-state index contributed by atoms with van der Waals surface area (Å²) in [5.74, 6) is 0.883. The summed E-state index contributed by atoms with van der Waals surface area (Å²) in [5.41, 5.74) is 3.68. The third-order valence-corrected chi connectivity index (χ3v) is 4.61. The lowest BCUT2D eigenvalue weighted by molar-refractivity contribution is 0.260. The molecular weight excluding hydrogens is 316 g/mol. The topological polar surface area (TPSA) is 61.0 Å². The van der Waals surface area contributed by atoms with Crippen molar-refractivity contribution in [2.75, 3.05) is 13.7 Å². The molecule has 0 N–H and O–H groups in total. The van der Waals surface area contributed by atoms with Gasteiger partial charge in [0.1, 0.15) is 18.4 Å². The zero-order chi connectivity index (χ0) is 17.1. The Labute approximate surface area is 146 Å². The van der Waals surface area contributed by atoms with E-state index in [9.17, 15) is 0 Å². The van der Waals surface area contributed by atoms with Gasteiger partial charge in [-0.25, -0.2) is 14.6 Å². The van der Waals surface area contributed by atoms with Gasteiger partial charge >= 0.3 is 0 Å². The Morgan fingerprint density at radius 3 is 2.92 bits per heavy atom. The molecule has 0 amide bonds. The van der Waals surface area contributed by atoms with Gasteiger partial charge in [-0.2, -0.15) is 5.10 Å². The van der Waals surface area contributed by atoms with Crippen LogP contribution >= 0.6 is 0 Å². The lowest BCUT2D eigenvalue weighted by atomic mass is 10.1. The van der Waals surface area contributed by atoms with E-state index in [0.717, 1.165) is 43.9 Å². The van der Waals surface area contributed by atoms with Gasteiger partial charge in [-0.3, -0.25) is 4.90 Å². The van der Waals surface area contributed by atoms with Crippen molar-refractivity contribution in [1.82, 2.24) is 29.2 Å². The number of aromatic nitrogens is 5. The molecule has 0 saturated heterocycles. The minimum Gasteiger partial charge on any atom is -0.496 e. The predicted octanol–water partition coefficient (Wildman–Crippen LogP) is 1.94. The molecule has 0 fully saturated rings. The summed E-state index contributed by atoms with van der Waals surface area (Å²) in [4.78, 5) is 10.8. The zero-order valence-electron chi connectivity index (χ0n) is 14.4. The van der Waals surface area contributed by atoms with Crippen LogP contribution in [0.4, 0.5) is 0 Å². The van der Waals surface area contributed by atoms with E-state index in [2.05, 4.69) is 36.7 Å². The van der Waals surface area contributed by atoms with Gasteiger partial charge in [0.2, 0.25) is 0 Å². The minimum absolute atomic E-state index is 0.657. The average molecular weight is 338 g/mol. The standard InChI is InChI=1S/C18H22N6O/c1-25-18-4-3-15(7-16(18)10-24-14-20-12-21-24)9-22-5-2-6-23-13-19-8-17(23)11-22/h3-4,7-8,12-14H,2,5-6,9-11H2,1H3. The first-order valence-corrected chi connectivity index (χ1v) is 8.51. The second kappa shape index (κ2) is 7.06. The van der Waals surface area contributed by atoms with Gasteiger partial charge in [-0.05, 0) is 24.1 Å². The highest BCUT2D eigenvalue weighted by Gasteiger charge is 2.15. The van der Waals surface area contributed by atoms with Crippen LogP contribution in [-0.2, 0) is 26.2 Å². The van der Waals surface area contributed by atoms with Crippen molar-refractivity contribution < 1.29 is 4.74 Å². The highest BCUT2D eigenvalue weighted by Crippen LogP contribution is 2.23. The maximum atomic E-state index is 5.51. The molecule has 7 heteroatoms. The van der Waals surface area contributed by atoms with Crippen LogP contribution in [0.2, 0.25) is 0 Å². The Morgan fingerprint density at radius 1 is 1.12 bits per heavy atom. The fourth-order valence-electron chi connectivity index (χ4n) is 3.39. The Balaban J connectivity index is 1.52. The average Bonchev–Trinajstić information content (AvgIpc) is 3.24.